The average Bonchev–Trinajstić information content (AvgIpc) is 2.63. The van der Waals surface area contributed by atoms with Crippen molar-refractivity contribution in [1.29, 1.82) is 0 Å². The lowest BCUT2D eigenvalue weighted by molar-refractivity contribution is 1.59. The van der Waals surface area contributed by atoms with Crippen molar-refractivity contribution in [3.63, 3.8) is 0 Å². The number of hydrogen-bond acceptors (Lipinski definition) is 0. The van der Waals surface area contributed by atoms with Gasteiger partial charge in [-0.15, -0.1) is 0 Å². The van der Waals surface area contributed by atoms with Crippen molar-refractivity contribution in [2.75, 3.05) is 0 Å². The second-order valence-electron chi connectivity index (χ2n) is 5.85. The zero-order valence-corrected chi connectivity index (χ0v) is 15.4. The molecule has 0 aliphatic carbocycles. The molecule has 0 saturated carbocycles. The molecule has 0 heterocycles. The maximum atomic E-state index is 6.59. The Morgan fingerprint density at radius 2 is 1.12 bits per heavy atom. The average molecular weight is 384 g/mol. The lowest BCUT2D eigenvalue weighted by atomic mass is 9.93. The van der Waals surface area contributed by atoms with Crippen molar-refractivity contribution in [2.45, 2.75) is 0 Å². The summed E-state index contributed by atoms with van der Waals surface area (Å²) in [6, 6.07) is 25.9. The van der Waals surface area contributed by atoms with Crippen LogP contribution in [0.25, 0.3) is 33.0 Å². The fourth-order valence-electron chi connectivity index (χ4n) is 3.11. The highest BCUT2D eigenvalue weighted by Gasteiger charge is 2.16. The second-order valence-corrected chi connectivity index (χ2v) is 7.10. The summed E-state index contributed by atoms with van der Waals surface area (Å²) in [4.78, 5) is 0. The van der Waals surface area contributed by atoms with Crippen LogP contribution >= 0.6 is 34.8 Å². The van der Waals surface area contributed by atoms with Crippen LogP contribution in [0.2, 0.25) is 15.1 Å². The van der Waals surface area contributed by atoms with Gasteiger partial charge in [0, 0.05) is 26.2 Å². The van der Waals surface area contributed by atoms with Gasteiger partial charge in [0.15, 0.2) is 0 Å². The van der Waals surface area contributed by atoms with Gasteiger partial charge in [0.2, 0.25) is 0 Å². The molecule has 0 amide bonds. The Hall–Kier alpha value is -1.99. The van der Waals surface area contributed by atoms with Crippen LogP contribution in [-0.2, 0) is 0 Å². The van der Waals surface area contributed by atoms with E-state index in [4.69, 9.17) is 34.8 Å². The second kappa shape index (κ2) is 6.72. The lowest BCUT2D eigenvalue weighted by Gasteiger charge is -2.15. The summed E-state index contributed by atoms with van der Waals surface area (Å²) in [6.45, 7) is 0. The monoisotopic (exact) mass is 382 g/mol. The van der Waals surface area contributed by atoms with E-state index in [9.17, 15) is 0 Å². The summed E-state index contributed by atoms with van der Waals surface area (Å²) >= 11 is 19.3. The van der Waals surface area contributed by atoms with E-state index in [1.165, 1.54) is 5.39 Å². The fourth-order valence-corrected chi connectivity index (χ4v) is 3.83. The molecule has 0 nitrogen and oxygen atoms in total. The van der Waals surface area contributed by atoms with Gasteiger partial charge >= 0.3 is 0 Å². The fraction of sp³-hybridized carbons (Fsp3) is 0. The predicted molar refractivity (Wildman–Crippen MR) is 110 cm³/mol. The Morgan fingerprint density at radius 1 is 0.480 bits per heavy atom. The Bertz CT molecular complexity index is 1080. The summed E-state index contributed by atoms with van der Waals surface area (Å²) in [5.74, 6) is 0. The van der Waals surface area contributed by atoms with Crippen LogP contribution in [0.5, 0.6) is 0 Å². The van der Waals surface area contributed by atoms with Crippen LogP contribution in [0, 0.1) is 0 Å². The van der Waals surface area contributed by atoms with Crippen molar-refractivity contribution >= 4 is 45.6 Å². The molecule has 4 aromatic rings. The quantitative estimate of drug-likeness (QED) is 0.328. The van der Waals surface area contributed by atoms with E-state index in [1.807, 2.05) is 48.5 Å². The molecule has 0 saturated heterocycles. The van der Waals surface area contributed by atoms with E-state index in [0.29, 0.717) is 15.1 Å². The van der Waals surface area contributed by atoms with Crippen LogP contribution in [0.4, 0.5) is 0 Å². The van der Waals surface area contributed by atoms with Gasteiger partial charge in [-0.05, 0) is 52.2 Å². The van der Waals surface area contributed by atoms with E-state index in [0.717, 1.165) is 27.6 Å². The molecule has 0 aliphatic heterocycles. The zero-order chi connectivity index (χ0) is 17.4. The summed E-state index contributed by atoms with van der Waals surface area (Å²) in [7, 11) is 0. The maximum Gasteiger partial charge on any atom is 0.0491 e. The molecule has 3 heteroatoms. The molecule has 0 aromatic heterocycles. The van der Waals surface area contributed by atoms with Gasteiger partial charge in [0.1, 0.15) is 0 Å². The number of fused-ring (bicyclic) bond motifs is 1. The van der Waals surface area contributed by atoms with Gasteiger partial charge in [-0.2, -0.15) is 0 Å². The molecule has 0 atom stereocenters. The topological polar surface area (TPSA) is 0 Å². The van der Waals surface area contributed by atoms with Crippen molar-refractivity contribution in [2.24, 2.45) is 0 Å². The Labute approximate surface area is 161 Å². The molecule has 0 bridgehead atoms. The highest BCUT2D eigenvalue weighted by molar-refractivity contribution is 6.38. The number of halogens is 3. The first kappa shape index (κ1) is 16.5. The highest BCUT2D eigenvalue weighted by atomic mass is 35.5. The largest absolute Gasteiger partial charge is 0.0843 e. The Kier molecular flexibility index (Phi) is 4.43. The first-order chi connectivity index (χ1) is 12.1. The summed E-state index contributed by atoms with van der Waals surface area (Å²) in [6.07, 6.45) is 0. The Morgan fingerprint density at radius 3 is 1.80 bits per heavy atom. The van der Waals surface area contributed by atoms with Crippen molar-refractivity contribution in [1.82, 2.24) is 0 Å². The van der Waals surface area contributed by atoms with Crippen molar-refractivity contribution in [3.8, 4) is 22.3 Å². The molecule has 0 N–H and O–H groups in total. The minimum atomic E-state index is 0.648. The standard InChI is InChI=1S/C22H13Cl3/c23-18-7-3-6-16(13-18)21-19(24)10-11-20(25)22(21)17-9-8-14-4-1-2-5-15(14)12-17/h1-13H. The van der Waals surface area contributed by atoms with Crippen LogP contribution in [0.1, 0.15) is 0 Å². The SMILES string of the molecule is Clc1cccc(-c2c(Cl)ccc(Cl)c2-c2ccc3ccccc3c2)c1. The van der Waals surface area contributed by atoms with Gasteiger partial charge in [-0.3, -0.25) is 0 Å². The molecule has 0 unspecified atom stereocenters. The predicted octanol–water partition coefficient (Wildman–Crippen LogP) is 8.13. The molecule has 4 aromatic carbocycles. The van der Waals surface area contributed by atoms with Gasteiger partial charge < -0.3 is 0 Å². The maximum absolute atomic E-state index is 6.59. The van der Waals surface area contributed by atoms with Crippen LogP contribution in [0.15, 0.2) is 78.9 Å². The van der Waals surface area contributed by atoms with E-state index in [-0.39, 0.29) is 0 Å². The molecule has 25 heavy (non-hydrogen) atoms. The van der Waals surface area contributed by atoms with Gasteiger partial charge in [-0.25, -0.2) is 0 Å². The summed E-state index contributed by atoms with van der Waals surface area (Å²) in [5.41, 5.74) is 3.79. The first-order valence-electron chi connectivity index (χ1n) is 7.86. The molecule has 4 rings (SSSR count). The van der Waals surface area contributed by atoms with Gasteiger partial charge in [-0.1, -0.05) is 83.3 Å². The van der Waals surface area contributed by atoms with E-state index >= 15 is 0 Å². The van der Waals surface area contributed by atoms with Crippen LogP contribution < -0.4 is 0 Å². The minimum absolute atomic E-state index is 0.648. The van der Waals surface area contributed by atoms with Gasteiger partial charge in [0.25, 0.3) is 0 Å². The van der Waals surface area contributed by atoms with E-state index < -0.39 is 0 Å². The van der Waals surface area contributed by atoms with Crippen LogP contribution in [-0.4, -0.2) is 0 Å². The van der Waals surface area contributed by atoms with Crippen LogP contribution in [0.3, 0.4) is 0 Å². The lowest BCUT2D eigenvalue weighted by Crippen LogP contribution is -1.89. The Balaban J connectivity index is 2.01. The third-order valence-electron chi connectivity index (χ3n) is 4.26. The van der Waals surface area contributed by atoms with E-state index in [2.05, 4.69) is 30.3 Å². The van der Waals surface area contributed by atoms with E-state index in [1.54, 1.807) is 0 Å². The molecule has 0 spiro atoms. The number of rotatable bonds is 2. The smallest absolute Gasteiger partial charge is 0.0491 e. The molecule has 122 valence electrons. The first-order valence-corrected chi connectivity index (χ1v) is 9.00. The molecular weight excluding hydrogens is 371 g/mol. The summed E-state index contributed by atoms with van der Waals surface area (Å²) in [5, 5.41) is 4.32. The third-order valence-corrected chi connectivity index (χ3v) is 5.12. The molecule has 0 aliphatic rings. The van der Waals surface area contributed by atoms with Crippen molar-refractivity contribution < 1.29 is 0 Å². The van der Waals surface area contributed by atoms with Gasteiger partial charge in [0.05, 0.1) is 0 Å². The van der Waals surface area contributed by atoms with Crippen molar-refractivity contribution in [3.05, 3.63) is 93.9 Å². The highest BCUT2D eigenvalue weighted by Crippen LogP contribution is 2.43. The molecular formula is C22H13Cl3. The third kappa shape index (κ3) is 3.14. The normalized spacial score (nSPS) is 11.0. The minimum Gasteiger partial charge on any atom is -0.0843 e. The molecule has 0 fully saturated rings. The summed E-state index contributed by atoms with van der Waals surface area (Å²) < 4.78 is 0. The number of hydrogen-bond donors (Lipinski definition) is 0. The zero-order valence-electron chi connectivity index (χ0n) is 13.1. The number of benzene rings is 4. The molecule has 0 radical (unpaired) electrons.